The molecule has 4 aromatic rings. The van der Waals surface area contributed by atoms with Crippen molar-refractivity contribution in [3.05, 3.63) is 84.3 Å². The fraction of sp³-hybridized carbons (Fsp3) is 0.182. The summed E-state index contributed by atoms with van der Waals surface area (Å²) in [4.78, 5) is 27.8. The van der Waals surface area contributed by atoms with Crippen LogP contribution in [-0.4, -0.2) is 49.9 Å². The molecule has 150 valence electrons. The van der Waals surface area contributed by atoms with Crippen LogP contribution < -0.4 is 0 Å². The summed E-state index contributed by atoms with van der Waals surface area (Å²) in [6, 6.07) is 13.6. The Bertz CT molecular complexity index is 1190. The van der Waals surface area contributed by atoms with Gasteiger partial charge in [-0.15, -0.1) is 0 Å². The van der Waals surface area contributed by atoms with Crippen molar-refractivity contribution in [2.45, 2.75) is 6.10 Å². The summed E-state index contributed by atoms with van der Waals surface area (Å²) in [7, 11) is 0. The monoisotopic (exact) mass is 403 g/mol. The minimum Gasteiger partial charge on any atom is -0.368 e. The van der Waals surface area contributed by atoms with E-state index in [4.69, 9.17) is 4.74 Å². The number of halogens is 1. The maximum atomic E-state index is 13.6. The first-order valence-corrected chi connectivity index (χ1v) is 9.61. The van der Waals surface area contributed by atoms with Crippen LogP contribution in [0.3, 0.4) is 0 Å². The number of carbonyl (C=O) groups is 1. The van der Waals surface area contributed by atoms with Gasteiger partial charge in [-0.2, -0.15) is 0 Å². The highest BCUT2D eigenvalue weighted by Gasteiger charge is 2.28. The lowest BCUT2D eigenvalue weighted by atomic mass is 10.1. The maximum absolute atomic E-state index is 13.6. The van der Waals surface area contributed by atoms with E-state index in [9.17, 15) is 9.18 Å². The van der Waals surface area contributed by atoms with Gasteiger partial charge < -0.3 is 9.64 Å². The fourth-order valence-corrected chi connectivity index (χ4v) is 3.55. The van der Waals surface area contributed by atoms with Gasteiger partial charge in [-0.25, -0.2) is 19.3 Å². The van der Waals surface area contributed by atoms with E-state index in [-0.39, 0.29) is 17.8 Å². The minimum atomic E-state index is -0.369. The van der Waals surface area contributed by atoms with E-state index in [0.29, 0.717) is 48.1 Å². The van der Waals surface area contributed by atoms with E-state index >= 15 is 0 Å². The summed E-state index contributed by atoms with van der Waals surface area (Å²) >= 11 is 0. The van der Waals surface area contributed by atoms with E-state index in [1.165, 1.54) is 12.1 Å². The zero-order valence-electron chi connectivity index (χ0n) is 16.0. The molecule has 0 saturated carbocycles. The van der Waals surface area contributed by atoms with E-state index in [0.717, 1.165) is 0 Å². The number of pyridine rings is 1. The van der Waals surface area contributed by atoms with Crippen molar-refractivity contribution in [3.8, 4) is 11.3 Å². The fourth-order valence-electron chi connectivity index (χ4n) is 3.55. The van der Waals surface area contributed by atoms with E-state index < -0.39 is 0 Å². The van der Waals surface area contributed by atoms with Gasteiger partial charge in [0.1, 0.15) is 17.6 Å². The van der Waals surface area contributed by atoms with Crippen molar-refractivity contribution in [1.29, 1.82) is 0 Å². The number of fused-ring (bicyclic) bond motifs is 1. The normalized spacial score (nSPS) is 16.7. The average Bonchev–Trinajstić information content (AvgIpc) is 3.23. The number of carbonyl (C=O) groups excluding carboxylic acids is 1. The average molecular weight is 403 g/mol. The van der Waals surface area contributed by atoms with Crippen LogP contribution in [-0.2, 0) is 4.74 Å². The molecule has 1 atom stereocenters. The molecule has 1 aliphatic heterocycles. The molecule has 1 aliphatic rings. The molecule has 30 heavy (non-hydrogen) atoms. The van der Waals surface area contributed by atoms with Crippen molar-refractivity contribution < 1.29 is 13.9 Å². The molecule has 0 aliphatic carbocycles. The maximum Gasteiger partial charge on any atom is 0.274 e. The largest absolute Gasteiger partial charge is 0.368 e. The molecule has 0 radical (unpaired) electrons. The van der Waals surface area contributed by atoms with Gasteiger partial charge in [0.2, 0.25) is 5.78 Å². The highest BCUT2D eigenvalue weighted by atomic mass is 19.1. The number of rotatable bonds is 3. The first kappa shape index (κ1) is 18.4. The van der Waals surface area contributed by atoms with E-state index in [2.05, 4.69) is 15.0 Å². The zero-order valence-corrected chi connectivity index (χ0v) is 16.0. The predicted molar refractivity (Wildman–Crippen MR) is 107 cm³/mol. The van der Waals surface area contributed by atoms with Crippen LogP contribution in [0, 0.1) is 5.82 Å². The molecule has 1 amide bonds. The van der Waals surface area contributed by atoms with E-state index in [1.54, 1.807) is 40.0 Å². The molecular formula is C22H18FN5O2. The lowest BCUT2D eigenvalue weighted by Crippen LogP contribution is -2.42. The van der Waals surface area contributed by atoms with Gasteiger partial charge >= 0.3 is 0 Å². The van der Waals surface area contributed by atoms with Crippen LogP contribution in [0.1, 0.15) is 22.3 Å². The Morgan fingerprint density at radius 2 is 2.03 bits per heavy atom. The summed E-state index contributed by atoms with van der Waals surface area (Å²) in [6.45, 7) is 1.23. The van der Waals surface area contributed by atoms with Crippen molar-refractivity contribution in [2.75, 3.05) is 19.7 Å². The molecule has 1 saturated heterocycles. The lowest BCUT2D eigenvalue weighted by molar-refractivity contribution is -0.0248. The SMILES string of the molecule is O=C(c1cn2cccnc2n1)N1CCO[C@H](c2cccc(-c3cccc(F)c3)n2)C1. The molecule has 0 N–H and O–H groups in total. The summed E-state index contributed by atoms with van der Waals surface area (Å²) in [5, 5.41) is 0. The Kier molecular flexibility index (Phi) is 4.68. The van der Waals surface area contributed by atoms with Crippen molar-refractivity contribution >= 4 is 11.7 Å². The molecule has 1 fully saturated rings. The number of imidazole rings is 1. The first-order chi connectivity index (χ1) is 14.7. The number of hydrogen-bond acceptors (Lipinski definition) is 5. The number of amides is 1. The zero-order chi connectivity index (χ0) is 20.5. The third-order valence-electron chi connectivity index (χ3n) is 5.03. The number of benzene rings is 1. The van der Waals surface area contributed by atoms with Crippen molar-refractivity contribution in [3.63, 3.8) is 0 Å². The van der Waals surface area contributed by atoms with Crippen molar-refractivity contribution in [2.24, 2.45) is 0 Å². The van der Waals surface area contributed by atoms with Gasteiger partial charge in [-0.3, -0.25) is 9.20 Å². The standard InChI is InChI=1S/C22H18FN5O2/c23-16-5-1-4-15(12-16)17-6-2-7-18(25-17)20-14-27(10-11-30-20)21(29)19-13-28-9-3-8-24-22(28)26-19/h1-9,12-13,20H,10-11,14H2/t20-/m0/s1. The molecule has 0 spiro atoms. The minimum absolute atomic E-state index is 0.171. The van der Waals surface area contributed by atoms with Crippen LogP contribution in [0.15, 0.2) is 67.1 Å². The van der Waals surface area contributed by atoms with E-state index in [1.807, 2.05) is 24.3 Å². The highest BCUT2D eigenvalue weighted by Crippen LogP contribution is 2.25. The molecule has 8 heteroatoms. The number of hydrogen-bond donors (Lipinski definition) is 0. The third-order valence-corrected chi connectivity index (χ3v) is 5.03. The molecular weight excluding hydrogens is 385 g/mol. The predicted octanol–water partition coefficient (Wildman–Crippen LogP) is 3.14. The van der Waals surface area contributed by atoms with Crippen LogP contribution >= 0.6 is 0 Å². The summed E-state index contributed by atoms with van der Waals surface area (Å²) in [5.41, 5.74) is 2.39. The summed E-state index contributed by atoms with van der Waals surface area (Å²) < 4.78 is 21.2. The van der Waals surface area contributed by atoms with Crippen LogP contribution in [0.2, 0.25) is 0 Å². The third kappa shape index (κ3) is 3.53. The number of morpholine rings is 1. The quantitative estimate of drug-likeness (QED) is 0.526. The Morgan fingerprint density at radius 3 is 2.90 bits per heavy atom. The molecule has 3 aromatic heterocycles. The second-order valence-corrected chi connectivity index (χ2v) is 7.02. The highest BCUT2D eigenvalue weighted by molar-refractivity contribution is 5.92. The van der Waals surface area contributed by atoms with Gasteiger partial charge in [0.05, 0.1) is 24.5 Å². The van der Waals surface area contributed by atoms with Gasteiger partial charge in [0, 0.05) is 30.7 Å². The molecule has 5 rings (SSSR count). The molecule has 0 bridgehead atoms. The topological polar surface area (TPSA) is 72.6 Å². The van der Waals surface area contributed by atoms with Crippen LogP contribution in [0.25, 0.3) is 17.0 Å². The molecule has 1 aromatic carbocycles. The van der Waals surface area contributed by atoms with Crippen molar-refractivity contribution in [1.82, 2.24) is 24.3 Å². The Labute approximate surface area is 171 Å². The number of nitrogens with zero attached hydrogens (tertiary/aromatic N) is 5. The molecule has 0 unspecified atom stereocenters. The molecule has 7 nitrogen and oxygen atoms in total. The van der Waals surface area contributed by atoms with Crippen LogP contribution in [0.4, 0.5) is 4.39 Å². The van der Waals surface area contributed by atoms with Gasteiger partial charge in [-0.05, 0) is 30.3 Å². The Balaban J connectivity index is 1.37. The van der Waals surface area contributed by atoms with Gasteiger partial charge in [0.25, 0.3) is 5.91 Å². The van der Waals surface area contributed by atoms with Gasteiger partial charge in [-0.1, -0.05) is 18.2 Å². The second-order valence-electron chi connectivity index (χ2n) is 7.02. The summed E-state index contributed by atoms with van der Waals surface area (Å²) in [6.07, 6.45) is 4.75. The van der Waals surface area contributed by atoms with Crippen LogP contribution in [0.5, 0.6) is 0 Å². The second kappa shape index (κ2) is 7.64. The molecule has 4 heterocycles. The Morgan fingerprint density at radius 1 is 1.13 bits per heavy atom. The summed E-state index contributed by atoms with van der Waals surface area (Å²) in [5.74, 6) is -0.00228. The first-order valence-electron chi connectivity index (χ1n) is 9.61. The lowest BCUT2D eigenvalue weighted by Gasteiger charge is -2.32. The smallest absolute Gasteiger partial charge is 0.274 e. The van der Waals surface area contributed by atoms with Gasteiger partial charge in [0.15, 0.2) is 0 Å². The Hall–Kier alpha value is -3.65. The number of ether oxygens (including phenoxy) is 1. The number of aromatic nitrogens is 4.